The molecule has 1 aromatic rings. The van der Waals surface area contributed by atoms with Gasteiger partial charge < -0.3 is 20.1 Å². The van der Waals surface area contributed by atoms with Crippen LogP contribution in [0.4, 0.5) is 4.79 Å². The number of carbonyl (C=O) groups excluding carboxylic acids is 2. The maximum Gasteiger partial charge on any atom is 0.335 e. The standard InChI is InChI=1S/C13H17N3O5/c1-16(6-4-11(17)21-2)13(20)15-8-10-7-9(12(18)19)3-5-14-10/h3,5,7H,4,6,8H2,1-2H3,(H,15,20)(H,18,19). The molecule has 1 heterocycles. The molecule has 21 heavy (non-hydrogen) atoms. The van der Waals surface area contributed by atoms with Crippen LogP contribution in [0.25, 0.3) is 0 Å². The summed E-state index contributed by atoms with van der Waals surface area (Å²) in [5, 5.41) is 11.4. The number of amides is 2. The van der Waals surface area contributed by atoms with Gasteiger partial charge in [0, 0.05) is 19.8 Å². The van der Waals surface area contributed by atoms with Gasteiger partial charge in [0.2, 0.25) is 0 Å². The minimum atomic E-state index is -1.06. The minimum Gasteiger partial charge on any atom is -0.478 e. The van der Waals surface area contributed by atoms with Crippen molar-refractivity contribution in [2.75, 3.05) is 20.7 Å². The van der Waals surface area contributed by atoms with Crippen LogP contribution in [0.3, 0.4) is 0 Å². The van der Waals surface area contributed by atoms with Crippen molar-refractivity contribution >= 4 is 18.0 Å². The maximum atomic E-state index is 11.8. The van der Waals surface area contributed by atoms with Crippen molar-refractivity contribution in [2.45, 2.75) is 13.0 Å². The number of rotatable bonds is 6. The normalized spacial score (nSPS) is 9.81. The van der Waals surface area contributed by atoms with Gasteiger partial charge in [0.25, 0.3) is 0 Å². The van der Waals surface area contributed by atoms with Gasteiger partial charge in [0.05, 0.1) is 31.3 Å². The highest BCUT2D eigenvalue weighted by Crippen LogP contribution is 2.02. The van der Waals surface area contributed by atoms with E-state index in [1.165, 1.54) is 30.3 Å². The molecule has 0 spiro atoms. The fourth-order valence-corrected chi connectivity index (χ4v) is 1.47. The van der Waals surface area contributed by atoms with E-state index in [1.807, 2.05) is 0 Å². The lowest BCUT2D eigenvalue weighted by Gasteiger charge is -2.17. The summed E-state index contributed by atoms with van der Waals surface area (Å²) < 4.78 is 4.48. The maximum absolute atomic E-state index is 11.8. The zero-order chi connectivity index (χ0) is 15.8. The molecule has 0 unspecified atom stereocenters. The number of aromatic nitrogens is 1. The van der Waals surface area contributed by atoms with Crippen LogP contribution >= 0.6 is 0 Å². The number of nitrogens with one attached hydrogen (secondary N) is 1. The smallest absolute Gasteiger partial charge is 0.335 e. The Kier molecular flexibility index (Phi) is 6.12. The monoisotopic (exact) mass is 295 g/mol. The van der Waals surface area contributed by atoms with Gasteiger partial charge >= 0.3 is 18.0 Å². The van der Waals surface area contributed by atoms with Crippen molar-refractivity contribution in [3.63, 3.8) is 0 Å². The Morgan fingerprint density at radius 3 is 2.76 bits per heavy atom. The number of aromatic carboxylic acids is 1. The molecule has 0 aromatic carbocycles. The Balaban J connectivity index is 2.47. The molecule has 1 aromatic heterocycles. The molecule has 2 amide bonds. The van der Waals surface area contributed by atoms with E-state index in [4.69, 9.17) is 5.11 Å². The minimum absolute atomic E-state index is 0.0997. The third-order valence-electron chi connectivity index (χ3n) is 2.71. The average Bonchev–Trinajstić information content (AvgIpc) is 2.49. The van der Waals surface area contributed by atoms with E-state index in [2.05, 4.69) is 15.0 Å². The van der Waals surface area contributed by atoms with Crippen LogP contribution in [0.5, 0.6) is 0 Å². The molecule has 0 fully saturated rings. The molecule has 1 rings (SSSR count). The highest BCUT2D eigenvalue weighted by atomic mass is 16.5. The molecule has 0 aliphatic heterocycles. The summed E-state index contributed by atoms with van der Waals surface area (Å²) in [4.78, 5) is 38.8. The van der Waals surface area contributed by atoms with Crippen LogP contribution in [0, 0.1) is 0 Å². The van der Waals surface area contributed by atoms with Gasteiger partial charge in [-0.1, -0.05) is 0 Å². The SMILES string of the molecule is COC(=O)CCN(C)C(=O)NCc1cc(C(=O)O)ccn1. The van der Waals surface area contributed by atoms with Gasteiger partial charge in [0.1, 0.15) is 0 Å². The zero-order valence-corrected chi connectivity index (χ0v) is 11.8. The second kappa shape index (κ2) is 7.83. The number of esters is 1. The summed E-state index contributed by atoms with van der Waals surface area (Å²) in [7, 11) is 2.82. The number of carbonyl (C=O) groups is 3. The molecule has 8 nitrogen and oxygen atoms in total. The molecule has 0 atom stereocenters. The molecule has 0 radical (unpaired) electrons. The van der Waals surface area contributed by atoms with Crippen molar-refractivity contribution in [1.29, 1.82) is 0 Å². The summed E-state index contributed by atoms with van der Waals surface area (Å²) in [6.45, 7) is 0.323. The van der Waals surface area contributed by atoms with E-state index in [9.17, 15) is 14.4 Å². The second-order valence-corrected chi connectivity index (χ2v) is 4.25. The number of pyridine rings is 1. The summed E-state index contributed by atoms with van der Waals surface area (Å²) in [5.74, 6) is -1.45. The Bertz CT molecular complexity index is 532. The van der Waals surface area contributed by atoms with Gasteiger partial charge in [-0.2, -0.15) is 0 Å². The lowest BCUT2D eigenvalue weighted by atomic mass is 10.2. The van der Waals surface area contributed by atoms with Crippen LogP contribution in [0.15, 0.2) is 18.3 Å². The van der Waals surface area contributed by atoms with E-state index in [1.54, 1.807) is 7.05 Å². The first kappa shape index (κ1) is 16.4. The van der Waals surface area contributed by atoms with E-state index in [0.29, 0.717) is 5.69 Å². The fraction of sp³-hybridized carbons (Fsp3) is 0.385. The van der Waals surface area contributed by atoms with E-state index < -0.39 is 11.9 Å². The summed E-state index contributed by atoms with van der Waals surface area (Å²) in [5.41, 5.74) is 0.540. The van der Waals surface area contributed by atoms with E-state index >= 15 is 0 Å². The molecule has 8 heteroatoms. The Morgan fingerprint density at radius 2 is 2.14 bits per heavy atom. The summed E-state index contributed by atoms with van der Waals surface area (Å²) >= 11 is 0. The van der Waals surface area contributed by atoms with Crippen molar-refractivity contribution in [3.05, 3.63) is 29.6 Å². The lowest BCUT2D eigenvalue weighted by molar-refractivity contribution is -0.140. The Hall–Kier alpha value is -2.64. The summed E-state index contributed by atoms with van der Waals surface area (Å²) in [6, 6.07) is 2.37. The van der Waals surface area contributed by atoms with Crippen molar-refractivity contribution in [2.24, 2.45) is 0 Å². The van der Waals surface area contributed by atoms with E-state index in [-0.39, 0.29) is 31.1 Å². The number of carboxylic acids is 1. The fourth-order valence-electron chi connectivity index (χ4n) is 1.47. The number of methoxy groups -OCH3 is 1. The number of hydrogen-bond donors (Lipinski definition) is 2. The first-order valence-corrected chi connectivity index (χ1v) is 6.18. The van der Waals surface area contributed by atoms with Gasteiger partial charge in [-0.15, -0.1) is 0 Å². The second-order valence-electron chi connectivity index (χ2n) is 4.25. The molecule has 114 valence electrons. The number of carboxylic acid groups (broad SMARTS) is 1. The molecule has 0 saturated heterocycles. The number of nitrogens with zero attached hydrogens (tertiary/aromatic N) is 2. The Labute approximate surface area is 121 Å². The lowest BCUT2D eigenvalue weighted by Crippen LogP contribution is -2.38. The quantitative estimate of drug-likeness (QED) is 0.739. The summed E-state index contributed by atoms with van der Waals surface area (Å²) in [6.07, 6.45) is 1.47. The third-order valence-corrected chi connectivity index (χ3v) is 2.71. The van der Waals surface area contributed by atoms with E-state index in [0.717, 1.165) is 0 Å². The van der Waals surface area contributed by atoms with Crippen molar-refractivity contribution < 1.29 is 24.2 Å². The zero-order valence-electron chi connectivity index (χ0n) is 11.8. The third kappa shape index (κ3) is 5.47. The molecule has 0 aliphatic carbocycles. The van der Waals surface area contributed by atoms with Crippen molar-refractivity contribution in [3.8, 4) is 0 Å². The van der Waals surface area contributed by atoms with Gasteiger partial charge in [0.15, 0.2) is 0 Å². The van der Waals surface area contributed by atoms with Crippen LogP contribution in [-0.2, 0) is 16.1 Å². The van der Waals surface area contributed by atoms with Crippen LogP contribution in [0.1, 0.15) is 22.5 Å². The molecule has 0 bridgehead atoms. The number of hydrogen-bond acceptors (Lipinski definition) is 5. The highest BCUT2D eigenvalue weighted by Gasteiger charge is 2.11. The predicted octanol–water partition coefficient (Wildman–Crippen LogP) is 0.484. The van der Waals surface area contributed by atoms with Crippen LogP contribution in [0.2, 0.25) is 0 Å². The highest BCUT2D eigenvalue weighted by molar-refractivity contribution is 5.87. The van der Waals surface area contributed by atoms with Crippen LogP contribution < -0.4 is 5.32 Å². The van der Waals surface area contributed by atoms with Crippen molar-refractivity contribution in [1.82, 2.24) is 15.2 Å². The van der Waals surface area contributed by atoms with Gasteiger partial charge in [-0.05, 0) is 12.1 Å². The Morgan fingerprint density at radius 1 is 1.43 bits per heavy atom. The largest absolute Gasteiger partial charge is 0.478 e. The molecule has 0 aliphatic rings. The predicted molar refractivity (Wildman–Crippen MR) is 72.7 cm³/mol. The van der Waals surface area contributed by atoms with Crippen LogP contribution in [-0.4, -0.2) is 53.7 Å². The molecule has 2 N–H and O–H groups in total. The average molecular weight is 295 g/mol. The molecular formula is C13H17N3O5. The number of ether oxygens (including phenoxy) is 1. The first-order valence-electron chi connectivity index (χ1n) is 6.18. The topological polar surface area (TPSA) is 109 Å². The number of urea groups is 1. The molecular weight excluding hydrogens is 278 g/mol. The molecule has 0 saturated carbocycles. The van der Waals surface area contributed by atoms with Gasteiger partial charge in [-0.3, -0.25) is 9.78 Å². The first-order chi connectivity index (χ1) is 9.93. The van der Waals surface area contributed by atoms with Gasteiger partial charge in [-0.25, -0.2) is 9.59 Å².